The summed E-state index contributed by atoms with van der Waals surface area (Å²) >= 11 is 6.01. The summed E-state index contributed by atoms with van der Waals surface area (Å²) in [5, 5.41) is 19.8. The van der Waals surface area contributed by atoms with Gasteiger partial charge in [-0.15, -0.1) is 0 Å². The predicted molar refractivity (Wildman–Crippen MR) is 119 cm³/mol. The molecule has 0 spiro atoms. The zero-order chi connectivity index (χ0) is 21.3. The van der Waals surface area contributed by atoms with Crippen molar-refractivity contribution in [1.82, 2.24) is 0 Å². The quantitative estimate of drug-likeness (QED) is 0.407. The van der Waals surface area contributed by atoms with Crippen molar-refractivity contribution in [3.63, 3.8) is 0 Å². The zero-order valence-corrected chi connectivity index (χ0v) is 17.5. The summed E-state index contributed by atoms with van der Waals surface area (Å²) in [4.78, 5) is 14.1. The minimum atomic E-state index is -1.18. The standard InChI is InChI=1S/C18H14ClS.C7H6O3/c19-15-11-13-18(14-12-15)20(16-7-3-1-4-8-16)17-9-5-2-6-10-17;8-6-4-2-1-3-5(6)7(9)10/h1-14H;1-4,8H,(H,9,10)/q+1;/p-1. The molecule has 0 amide bonds. The number of carboxylic acid groups (broad SMARTS) is 1. The van der Waals surface area contributed by atoms with Gasteiger partial charge in [-0.05, 0) is 54.6 Å². The molecule has 0 saturated carbocycles. The summed E-state index contributed by atoms with van der Waals surface area (Å²) in [6.07, 6.45) is 0. The molecule has 0 heterocycles. The van der Waals surface area contributed by atoms with Crippen LogP contribution in [0.1, 0.15) is 10.4 Å². The first-order chi connectivity index (χ1) is 14.6. The number of hydrogen-bond donors (Lipinski definition) is 1. The van der Waals surface area contributed by atoms with Crippen molar-refractivity contribution >= 4 is 28.5 Å². The van der Waals surface area contributed by atoms with E-state index < -0.39 is 11.7 Å². The van der Waals surface area contributed by atoms with Crippen LogP contribution in [-0.4, -0.2) is 11.1 Å². The largest absolute Gasteiger partial charge is 0.872 e. The fraction of sp³-hybridized carbons (Fsp3) is 0. The maximum atomic E-state index is 10.7. The molecule has 0 aliphatic rings. The molecule has 0 radical (unpaired) electrons. The SMILES string of the molecule is Clc1ccc([S+](c2ccccc2)c2ccccc2)cc1.O=C(O)c1ccccc1[O-]. The first kappa shape index (κ1) is 21.5. The van der Waals surface area contributed by atoms with Gasteiger partial charge in [0.15, 0.2) is 14.7 Å². The fourth-order valence-electron chi connectivity index (χ4n) is 2.74. The molecule has 5 heteroatoms. The van der Waals surface area contributed by atoms with Gasteiger partial charge in [0.05, 0.1) is 16.5 Å². The average Bonchev–Trinajstić information content (AvgIpc) is 2.77. The highest BCUT2D eigenvalue weighted by molar-refractivity contribution is 7.97. The highest BCUT2D eigenvalue weighted by atomic mass is 35.5. The molecule has 0 aliphatic heterocycles. The van der Waals surface area contributed by atoms with Crippen molar-refractivity contribution in [1.29, 1.82) is 0 Å². The van der Waals surface area contributed by atoms with E-state index in [1.807, 2.05) is 12.1 Å². The van der Waals surface area contributed by atoms with Gasteiger partial charge >= 0.3 is 5.97 Å². The van der Waals surface area contributed by atoms with E-state index in [0.717, 1.165) is 5.02 Å². The van der Waals surface area contributed by atoms with Crippen LogP contribution in [0.3, 0.4) is 0 Å². The van der Waals surface area contributed by atoms with Gasteiger partial charge in [0.1, 0.15) is 0 Å². The van der Waals surface area contributed by atoms with Crippen LogP contribution >= 0.6 is 11.6 Å². The topological polar surface area (TPSA) is 60.4 Å². The van der Waals surface area contributed by atoms with Crippen LogP contribution in [-0.2, 0) is 10.9 Å². The number of halogens is 1. The number of carboxylic acids is 1. The normalized spacial score (nSPS) is 10.2. The van der Waals surface area contributed by atoms with E-state index in [-0.39, 0.29) is 16.5 Å². The highest BCUT2D eigenvalue weighted by Gasteiger charge is 2.27. The Morgan fingerprint density at radius 3 is 1.53 bits per heavy atom. The molecule has 1 N–H and O–H groups in total. The number of aromatic carboxylic acids is 1. The van der Waals surface area contributed by atoms with Gasteiger partial charge in [0.25, 0.3) is 0 Å². The molecule has 4 aromatic carbocycles. The summed E-state index contributed by atoms with van der Waals surface area (Å²) in [6.45, 7) is 0. The highest BCUT2D eigenvalue weighted by Crippen LogP contribution is 2.31. The summed E-state index contributed by atoms with van der Waals surface area (Å²) in [5.74, 6) is -1.62. The molecule has 0 fully saturated rings. The van der Waals surface area contributed by atoms with Gasteiger partial charge < -0.3 is 10.2 Å². The van der Waals surface area contributed by atoms with Crippen molar-refractivity contribution in [3.05, 3.63) is 120 Å². The Morgan fingerprint density at radius 1 is 0.667 bits per heavy atom. The molecule has 0 aromatic heterocycles. The maximum Gasteiger partial charge on any atom is 0.335 e. The third kappa shape index (κ3) is 5.66. The van der Waals surface area contributed by atoms with Gasteiger partial charge in [-0.2, -0.15) is 0 Å². The second-order valence-electron chi connectivity index (χ2n) is 6.19. The Balaban J connectivity index is 0.000000216. The van der Waals surface area contributed by atoms with Crippen molar-refractivity contribution in [2.75, 3.05) is 0 Å². The lowest BCUT2D eigenvalue weighted by Crippen LogP contribution is -2.04. The number of benzene rings is 4. The molecule has 0 aliphatic carbocycles. The summed E-state index contributed by atoms with van der Waals surface area (Å²) in [5.41, 5.74) is -0.178. The van der Waals surface area contributed by atoms with E-state index in [1.165, 1.54) is 39.0 Å². The lowest BCUT2D eigenvalue weighted by molar-refractivity contribution is -0.268. The zero-order valence-electron chi connectivity index (χ0n) is 15.9. The van der Waals surface area contributed by atoms with Crippen LogP contribution in [0.5, 0.6) is 5.75 Å². The van der Waals surface area contributed by atoms with Crippen LogP contribution in [0, 0.1) is 0 Å². The second-order valence-corrected chi connectivity index (χ2v) is 8.65. The molecule has 4 rings (SSSR count). The Bertz CT molecular complexity index is 1040. The molecule has 30 heavy (non-hydrogen) atoms. The fourth-order valence-corrected chi connectivity index (χ4v) is 4.94. The van der Waals surface area contributed by atoms with Crippen LogP contribution in [0.4, 0.5) is 0 Å². The number of para-hydroxylation sites is 1. The minimum Gasteiger partial charge on any atom is -0.872 e. The van der Waals surface area contributed by atoms with Crippen LogP contribution in [0.2, 0.25) is 5.02 Å². The van der Waals surface area contributed by atoms with Crippen LogP contribution in [0.25, 0.3) is 0 Å². The number of carbonyl (C=O) groups is 1. The van der Waals surface area contributed by atoms with Crippen molar-refractivity contribution in [2.45, 2.75) is 14.7 Å². The predicted octanol–water partition coefficient (Wildman–Crippen LogP) is 5.89. The molecule has 0 unspecified atom stereocenters. The summed E-state index contributed by atoms with van der Waals surface area (Å²) < 4.78 is 0. The van der Waals surface area contributed by atoms with E-state index in [4.69, 9.17) is 16.7 Å². The lowest BCUT2D eigenvalue weighted by atomic mass is 10.2. The Kier molecular flexibility index (Phi) is 7.55. The third-order valence-electron chi connectivity index (χ3n) is 4.12. The Hall–Kier alpha value is -3.21. The number of rotatable bonds is 4. The van der Waals surface area contributed by atoms with E-state index in [0.29, 0.717) is 0 Å². The molecular formula is C25H19ClO3S. The third-order valence-corrected chi connectivity index (χ3v) is 6.61. The maximum absolute atomic E-state index is 10.7. The van der Waals surface area contributed by atoms with E-state index in [2.05, 4.69) is 72.8 Å². The van der Waals surface area contributed by atoms with Gasteiger partial charge in [0, 0.05) is 5.02 Å². The second kappa shape index (κ2) is 10.5. The minimum absolute atomic E-state index is 0.0815. The van der Waals surface area contributed by atoms with Gasteiger partial charge in [0.2, 0.25) is 0 Å². The summed E-state index contributed by atoms with van der Waals surface area (Å²) in [6, 6.07) is 34.9. The molecule has 0 bridgehead atoms. The van der Waals surface area contributed by atoms with Gasteiger partial charge in [-0.3, -0.25) is 0 Å². The molecule has 0 saturated heterocycles. The van der Waals surface area contributed by atoms with Crippen molar-refractivity contribution in [2.24, 2.45) is 0 Å². The Morgan fingerprint density at radius 2 is 1.10 bits per heavy atom. The Labute approximate surface area is 183 Å². The van der Waals surface area contributed by atoms with Crippen molar-refractivity contribution in [3.8, 4) is 5.75 Å². The molecule has 3 nitrogen and oxygen atoms in total. The first-order valence-corrected chi connectivity index (χ1v) is 10.8. The monoisotopic (exact) mass is 434 g/mol. The van der Waals surface area contributed by atoms with Gasteiger partial charge in [-0.1, -0.05) is 71.9 Å². The van der Waals surface area contributed by atoms with E-state index >= 15 is 0 Å². The van der Waals surface area contributed by atoms with Crippen LogP contribution < -0.4 is 5.11 Å². The van der Waals surface area contributed by atoms with E-state index in [9.17, 15) is 9.90 Å². The smallest absolute Gasteiger partial charge is 0.335 e. The lowest BCUT2D eigenvalue weighted by Gasteiger charge is -2.07. The average molecular weight is 435 g/mol. The van der Waals surface area contributed by atoms with Gasteiger partial charge in [-0.25, -0.2) is 4.79 Å². The molecular weight excluding hydrogens is 416 g/mol. The van der Waals surface area contributed by atoms with Crippen molar-refractivity contribution < 1.29 is 15.0 Å². The molecule has 0 atom stereocenters. The number of hydrogen-bond acceptors (Lipinski definition) is 2. The van der Waals surface area contributed by atoms with E-state index in [1.54, 1.807) is 0 Å². The molecule has 150 valence electrons. The first-order valence-electron chi connectivity index (χ1n) is 9.15. The molecule has 4 aromatic rings. The van der Waals surface area contributed by atoms with Crippen LogP contribution in [0.15, 0.2) is 124 Å². The summed E-state index contributed by atoms with van der Waals surface area (Å²) in [7, 11) is -0.0815.